The van der Waals surface area contributed by atoms with E-state index in [0.29, 0.717) is 28.3 Å². The van der Waals surface area contributed by atoms with Crippen LogP contribution in [0, 0.1) is 6.92 Å². The third-order valence-corrected chi connectivity index (χ3v) is 5.98. The van der Waals surface area contributed by atoms with Gasteiger partial charge in [0, 0.05) is 29.0 Å². The molecule has 0 saturated heterocycles. The molecule has 0 fully saturated rings. The molecular weight excluding hydrogens is 478 g/mol. The predicted octanol–water partition coefficient (Wildman–Crippen LogP) is 4.20. The largest absolute Gasteiger partial charge is 0.342 e. The zero-order valence-electron chi connectivity index (χ0n) is 19.6. The van der Waals surface area contributed by atoms with Gasteiger partial charge in [-0.2, -0.15) is 4.68 Å². The second kappa shape index (κ2) is 11.5. The summed E-state index contributed by atoms with van der Waals surface area (Å²) in [6.45, 7) is 1.94. The molecule has 8 nitrogen and oxygen atoms in total. The van der Waals surface area contributed by atoms with E-state index < -0.39 is 6.04 Å². The van der Waals surface area contributed by atoms with E-state index in [2.05, 4.69) is 20.8 Å². The van der Waals surface area contributed by atoms with E-state index in [1.54, 1.807) is 24.3 Å². The van der Waals surface area contributed by atoms with Crippen molar-refractivity contribution in [3.63, 3.8) is 0 Å². The topological polar surface area (TPSA) is 107 Å². The van der Waals surface area contributed by atoms with Crippen LogP contribution >= 0.6 is 11.6 Å². The highest BCUT2D eigenvalue weighted by Gasteiger charge is 2.24. The molecule has 1 N–H and O–H groups in total. The van der Waals surface area contributed by atoms with Crippen LogP contribution in [-0.2, 0) is 11.2 Å². The average molecular weight is 502 g/mol. The van der Waals surface area contributed by atoms with E-state index in [1.165, 1.54) is 17.1 Å². The Balaban J connectivity index is 1.49. The molecule has 0 spiro atoms. The summed E-state index contributed by atoms with van der Waals surface area (Å²) in [5.41, 5.74) is 3.18. The molecule has 3 aromatic carbocycles. The highest BCUT2D eigenvalue weighted by Crippen LogP contribution is 2.21. The van der Waals surface area contributed by atoms with Gasteiger partial charge >= 0.3 is 0 Å². The van der Waals surface area contributed by atoms with Gasteiger partial charge < -0.3 is 5.32 Å². The minimum atomic E-state index is -0.785. The van der Waals surface area contributed by atoms with Crippen LogP contribution < -0.4 is 5.32 Å². The first-order valence-electron chi connectivity index (χ1n) is 11.4. The number of Topliss-reactive ketones (excluding diaryl/α,β-unsaturated/α-hetero) is 2. The van der Waals surface area contributed by atoms with Crippen molar-refractivity contribution >= 4 is 29.1 Å². The Hall–Kier alpha value is -4.17. The van der Waals surface area contributed by atoms with Gasteiger partial charge in [-0.05, 0) is 59.7 Å². The molecule has 0 bridgehead atoms. The maximum Gasteiger partial charge on any atom is 0.251 e. The molecule has 0 radical (unpaired) electrons. The fourth-order valence-corrected chi connectivity index (χ4v) is 3.96. The number of aryl methyl sites for hydroxylation is 1. The Kier molecular flexibility index (Phi) is 7.97. The fraction of sp³-hybridized carbons (Fsp3) is 0.185. The number of hydrogen-bond donors (Lipinski definition) is 1. The Morgan fingerprint density at radius 1 is 0.972 bits per heavy atom. The summed E-state index contributed by atoms with van der Waals surface area (Å²) in [4.78, 5) is 39.2. The number of nitrogens with zero attached hydrogens (tertiary/aromatic N) is 4. The SMILES string of the molecule is Cc1ccc(C(=O)N[C@@H](Cc2ccccc2)C(=O)CCC(=O)c2cc(Cl)ccc2-n2cnnn2)cc1. The van der Waals surface area contributed by atoms with E-state index >= 15 is 0 Å². The number of tetrazole rings is 1. The van der Waals surface area contributed by atoms with Crippen molar-refractivity contribution in [1.29, 1.82) is 0 Å². The summed E-state index contributed by atoms with van der Waals surface area (Å²) in [5.74, 6) is -0.857. The second-order valence-electron chi connectivity index (χ2n) is 8.39. The molecule has 36 heavy (non-hydrogen) atoms. The second-order valence-corrected chi connectivity index (χ2v) is 8.82. The van der Waals surface area contributed by atoms with Gasteiger partial charge in [-0.15, -0.1) is 5.10 Å². The summed E-state index contributed by atoms with van der Waals surface area (Å²) in [5, 5.41) is 14.3. The molecule has 0 unspecified atom stereocenters. The minimum Gasteiger partial charge on any atom is -0.342 e. The van der Waals surface area contributed by atoms with Crippen molar-refractivity contribution in [2.24, 2.45) is 0 Å². The number of carbonyl (C=O) groups excluding carboxylic acids is 3. The van der Waals surface area contributed by atoms with Gasteiger partial charge in [0.2, 0.25) is 0 Å². The maximum atomic E-state index is 13.3. The van der Waals surface area contributed by atoms with Gasteiger partial charge in [0.25, 0.3) is 5.91 Å². The van der Waals surface area contributed by atoms with E-state index in [4.69, 9.17) is 11.6 Å². The van der Waals surface area contributed by atoms with Crippen LogP contribution in [0.15, 0.2) is 79.1 Å². The van der Waals surface area contributed by atoms with Crippen LogP contribution in [0.3, 0.4) is 0 Å². The van der Waals surface area contributed by atoms with Crippen molar-refractivity contribution in [2.75, 3.05) is 0 Å². The van der Waals surface area contributed by atoms with Gasteiger partial charge in [-0.3, -0.25) is 14.4 Å². The zero-order valence-corrected chi connectivity index (χ0v) is 20.4. The van der Waals surface area contributed by atoms with Crippen LogP contribution in [-0.4, -0.2) is 43.7 Å². The highest BCUT2D eigenvalue weighted by atomic mass is 35.5. The quantitative estimate of drug-likeness (QED) is 0.326. The Labute approximate surface area is 213 Å². The number of benzene rings is 3. The van der Waals surface area contributed by atoms with Crippen molar-refractivity contribution in [2.45, 2.75) is 32.2 Å². The van der Waals surface area contributed by atoms with Crippen molar-refractivity contribution in [3.05, 3.63) is 106 Å². The number of halogens is 1. The maximum absolute atomic E-state index is 13.3. The third-order valence-electron chi connectivity index (χ3n) is 5.74. The molecule has 0 aliphatic carbocycles. The first-order chi connectivity index (χ1) is 17.4. The summed E-state index contributed by atoms with van der Waals surface area (Å²) >= 11 is 6.12. The Morgan fingerprint density at radius 2 is 1.72 bits per heavy atom. The molecule has 1 atom stereocenters. The standard InChI is InChI=1S/C27H24ClN5O3/c1-18-7-9-20(10-8-18)27(36)30-23(15-19-5-3-2-4-6-19)26(35)14-13-25(34)22-16-21(28)11-12-24(22)33-17-29-31-32-33/h2-12,16-17,23H,13-15H2,1H3,(H,30,36)/t23-/m0/s1. The number of nitrogens with one attached hydrogen (secondary N) is 1. The number of hydrogen-bond acceptors (Lipinski definition) is 6. The summed E-state index contributed by atoms with van der Waals surface area (Å²) in [7, 11) is 0. The number of carbonyl (C=O) groups is 3. The van der Waals surface area contributed by atoms with E-state index in [1.807, 2.05) is 49.4 Å². The Bertz CT molecular complexity index is 1360. The predicted molar refractivity (Wildman–Crippen MR) is 135 cm³/mol. The van der Waals surface area contributed by atoms with Gasteiger partial charge in [-0.25, -0.2) is 0 Å². The molecule has 9 heteroatoms. The lowest BCUT2D eigenvalue weighted by Crippen LogP contribution is -2.42. The lowest BCUT2D eigenvalue weighted by Gasteiger charge is -2.18. The third kappa shape index (κ3) is 6.28. The van der Waals surface area contributed by atoms with E-state index in [9.17, 15) is 14.4 Å². The molecule has 4 rings (SSSR count). The molecule has 182 valence electrons. The number of ketones is 2. The monoisotopic (exact) mass is 501 g/mol. The fourth-order valence-electron chi connectivity index (χ4n) is 3.79. The number of aromatic nitrogens is 4. The van der Waals surface area contributed by atoms with Crippen molar-refractivity contribution < 1.29 is 14.4 Å². The molecule has 4 aromatic rings. The van der Waals surface area contributed by atoms with Crippen LogP contribution in [0.2, 0.25) is 5.02 Å². The lowest BCUT2D eigenvalue weighted by molar-refractivity contribution is -0.120. The first kappa shape index (κ1) is 24.9. The highest BCUT2D eigenvalue weighted by molar-refractivity contribution is 6.31. The van der Waals surface area contributed by atoms with Crippen LogP contribution in [0.4, 0.5) is 0 Å². The van der Waals surface area contributed by atoms with Crippen molar-refractivity contribution in [1.82, 2.24) is 25.5 Å². The van der Waals surface area contributed by atoms with Crippen LogP contribution in [0.1, 0.15) is 44.7 Å². The smallest absolute Gasteiger partial charge is 0.251 e. The van der Waals surface area contributed by atoms with Gasteiger partial charge in [0.05, 0.1) is 11.7 Å². The number of amides is 1. The molecule has 1 heterocycles. The molecule has 1 aromatic heterocycles. The van der Waals surface area contributed by atoms with Crippen LogP contribution in [0.25, 0.3) is 5.69 Å². The van der Waals surface area contributed by atoms with Gasteiger partial charge in [0.15, 0.2) is 11.6 Å². The summed E-state index contributed by atoms with van der Waals surface area (Å²) in [6.07, 6.45) is 1.59. The van der Waals surface area contributed by atoms with Crippen molar-refractivity contribution in [3.8, 4) is 5.69 Å². The normalized spacial score (nSPS) is 11.6. The first-order valence-corrected chi connectivity index (χ1v) is 11.8. The van der Waals surface area contributed by atoms with E-state index in [0.717, 1.165) is 11.1 Å². The van der Waals surface area contributed by atoms with Crippen LogP contribution in [0.5, 0.6) is 0 Å². The summed E-state index contributed by atoms with van der Waals surface area (Å²) < 4.78 is 1.37. The van der Waals surface area contributed by atoms with Gasteiger partial charge in [-0.1, -0.05) is 59.6 Å². The van der Waals surface area contributed by atoms with E-state index in [-0.39, 0.29) is 30.3 Å². The minimum absolute atomic E-state index is 0.0495. The zero-order chi connectivity index (χ0) is 25.5. The van der Waals surface area contributed by atoms with Gasteiger partial charge in [0.1, 0.15) is 6.33 Å². The molecule has 1 amide bonds. The molecule has 0 saturated carbocycles. The Morgan fingerprint density at radius 3 is 2.42 bits per heavy atom. The average Bonchev–Trinajstić information content (AvgIpc) is 3.42. The lowest BCUT2D eigenvalue weighted by atomic mass is 9.96. The number of rotatable bonds is 10. The molecule has 0 aliphatic rings. The molecular formula is C27H24ClN5O3. The molecule has 0 aliphatic heterocycles. The summed E-state index contributed by atoms with van der Waals surface area (Å²) in [6, 6.07) is 20.6.